The van der Waals surface area contributed by atoms with Crippen molar-refractivity contribution in [3.8, 4) is 0 Å². The van der Waals surface area contributed by atoms with Crippen molar-refractivity contribution in [1.82, 2.24) is 29.4 Å². The number of hydrogen-bond donors (Lipinski definition) is 0. The highest BCUT2D eigenvalue weighted by Crippen LogP contribution is 2.35. The Morgan fingerprint density at radius 1 is 0.421 bits per heavy atom. The van der Waals surface area contributed by atoms with Gasteiger partial charge in [0.2, 0.25) is 23.6 Å². The first-order chi connectivity index (χ1) is 43.9. The first-order valence-corrected chi connectivity index (χ1v) is 36.7. The zero-order chi connectivity index (χ0) is 73.6. The summed E-state index contributed by atoms with van der Waals surface area (Å²) in [5, 5.41) is 0. The molecular formula is C77H144N6O12. The lowest BCUT2D eigenvalue weighted by Gasteiger charge is -2.41. The van der Waals surface area contributed by atoms with Crippen LogP contribution in [0.1, 0.15) is 243 Å². The van der Waals surface area contributed by atoms with E-state index in [1.54, 1.807) is 52.3 Å². The minimum atomic E-state index is -0.534. The second-order valence-electron chi connectivity index (χ2n) is 32.3. The van der Waals surface area contributed by atoms with Crippen molar-refractivity contribution >= 4 is 46.8 Å². The van der Waals surface area contributed by atoms with Crippen LogP contribution in [0.2, 0.25) is 0 Å². The summed E-state index contributed by atoms with van der Waals surface area (Å²) in [6.07, 6.45) is 5.49. The maximum Gasteiger partial charge on any atom is 0.225 e. The smallest absolute Gasteiger partial charge is 0.225 e. The lowest BCUT2D eigenvalue weighted by Crippen LogP contribution is -2.54. The van der Waals surface area contributed by atoms with Gasteiger partial charge in [0.15, 0.2) is 11.6 Å². The SMILES string of the molecule is CC[C@@H](C)CC(=O)[C@H](C)[C@@H](OC)[C@@H]1CCCN1C(=O)C[C@@H](OC)[C@H]([C@@H](C)CC)N(C)C(=O)[C@H](C)CC(=O)[C@H](C(C)C)N(C)C(C)(C)C.CC[C@H](C)[C@@H]([C@@H](CC(=O)N1CCC[C@H]1[C@H](OC)[C@@H](C)C(=O)C[C@H](C)C(C)C)OC)N(C)C(=O)[C@H](C)CC(=O)[C@H](C(C)C)N(C)C(C)(C)C. The van der Waals surface area contributed by atoms with Gasteiger partial charge in [0.05, 0.1) is 73.5 Å². The van der Waals surface area contributed by atoms with Gasteiger partial charge in [0, 0.05) is 116 Å². The Labute approximate surface area is 580 Å². The molecule has 0 aromatic rings. The van der Waals surface area contributed by atoms with Crippen molar-refractivity contribution in [3.05, 3.63) is 0 Å². The molecule has 2 aliphatic heterocycles. The van der Waals surface area contributed by atoms with Gasteiger partial charge in [-0.25, -0.2) is 0 Å². The molecule has 18 nitrogen and oxygen atoms in total. The van der Waals surface area contributed by atoms with E-state index in [1.165, 1.54) is 0 Å². The molecule has 2 saturated heterocycles. The third kappa shape index (κ3) is 25.5. The molecule has 2 fully saturated rings. The van der Waals surface area contributed by atoms with Crippen LogP contribution in [-0.2, 0) is 57.3 Å². The maximum atomic E-state index is 14.0. The molecule has 2 rings (SSSR count). The lowest BCUT2D eigenvalue weighted by molar-refractivity contribution is -0.148. The summed E-state index contributed by atoms with van der Waals surface area (Å²) in [5.74, 6) is -0.207. The number of methoxy groups -OCH3 is 4. The largest absolute Gasteiger partial charge is 0.379 e. The Hall–Kier alpha value is -3.68. The van der Waals surface area contributed by atoms with Crippen molar-refractivity contribution in [1.29, 1.82) is 0 Å². The Morgan fingerprint density at radius 2 is 0.747 bits per heavy atom. The van der Waals surface area contributed by atoms with Gasteiger partial charge in [-0.05, 0) is 123 Å². The van der Waals surface area contributed by atoms with Crippen molar-refractivity contribution in [2.75, 3.05) is 69.7 Å². The first kappa shape index (κ1) is 89.3. The van der Waals surface area contributed by atoms with Crippen LogP contribution in [0.5, 0.6) is 0 Å². The van der Waals surface area contributed by atoms with Crippen molar-refractivity contribution in [2.45, 2.75) is 314 Å². The number of ketones is 4. The molecule has 0 bridgehead atoms. The highest BCUT2D eigenvalue weighted by molar-refractivity contribution is 5.91. The van der Waals surface area contributed by atoms with Crippen LogP contribution in [0, 0.1) is 65.1 Å². The lowest BCUT2D eigenvalue weighted by atomic mass is 9.85. The quantitative estimate of drug-likeness (QED) is 0.0562. The molecule has 2 aliphatic rings. The summed E-state index contributed by atoms with van der Waals surface area (Å²) < 4.78 is 23.9. The molecule has 0 saturated carbocycles. The van der Waals surface area contributed by atoms with E-state index in [-0.39, 0.29) is 173 Å². The highest BCUT2D eigenvalue weighted by Gasteiger charge is 2.46. The van der Waals surface area contributed by atoms with Gasteiger partial charge in [-0.2, -0.15) is 0 Å². The molecule has 0 aromatic carbocycles. The summed E-state index contributed by atoms with van der Waals surface area (Å²) in [6.45, 7) is 48.3. The van der Waals surface area contributed by atoms with E-state index in [2.05, 4.69) is 114 Å². The normalized spacial score (nSPS) is 20.8. The van der Waals surface area contributed by atoms with Crippen molar-refractivity contribution < 1.29 is 57.3 Å². The Kier molecular flexibility index (Phi) is 38.7. The summed E-state index contributed by atoms with van der Waals surface area (Å²) in [7, 11) is 14.0. The van der Waals surface area contributed by atoms with Crippen molar-refractivity contribution in [2.24, 2.45) is 65.1 Å². The monoisotopic (exact) mass is 1350 g/mol. The van der Waals surface area contributed by atoms with E-state index in [1.807, 2.05) is 79.3 Å². The van der Waals surface area contributed by atoms with Gasteiger partial charge in [0.1, 0.15) is 11.6 Å². The molecule has 554 valence electrons. The average Bonchev–Trinajstić information content (AvgIpc) is 1.82. The molecular weight excluding hydrogens is 1200 g/mol. The molecule has 0 spiro atoms. The molecule has 95 heavy (non-hydrogen) atoms. The number of rotatable bonds is 40. The molecule has 2 heterocycles. The number of Topliss-reactive ketones (excluding diaryl/α,β-unsaturated/α-hetero) is 4. The number of carbonyl (C=O) groups excluding carboxylic acids is 8. The van der Waals surface area contributed by atoms with Crippen LogP contribution in [0.4, 0.5) is 0 Å². The maximum absolute atomic E-state index is 14.0. The van der Waals surface area contributed by atoms with Crippen LogP contribution in [0.15, 0.2) is 0 Å². The van der Waals surface area contributed by atoms with Crippen molar-refractivity contribution in [3.63, 3.8) is 0 Å². The number of nitrogens with zero attached hydrogens (tertiary/aromatic N) is 6. The van der Waals surface area contributed by atoms with Crippen LogP contribution < -0.4 is 0 Å². The van der Waals surface area contributed by atoms with Crippen LogP contribution in [-0.4, -0.2) is 218 Å². The standard InChI is InChI=1S/C39H73N3O6.C38H71N3O6/c1-17-26(6)36(40(13)38(46)28(8)22-32(44)35(25(4)5)41(14)39(10,11)12)33(47-15)23-34(45)42-20-18-19-30(42)37(48-16)29(9)31(43)21-27(7)24(2)3;1-16-25(5)21-30(42)28(8)36(47-15)29-19-18-20-41(29)33(44)23-32(46-14)35(26(6)17-2)39(12)37(45)27(7)22-31(43)34(24(3)4)40(13)38(9,10)11/h24-30,33,35-37H,17-23H2,1-16H3;24-29,32,34-36H,16-23H2,1-15H3/t26-,27-,28+,29-,30-,33+,35-,36-,37+;25-,26+,27-,28+,29+,32-,34+,35+,36-/m01/s1. The zero-order valence-electron chi connectivity index (χ0n) is 66.3. The molecule has 0 N–H and O–H groups in total. The third-order valence-corrected chi connectivity index (χ3v) is 22.3. The Bertz CT molecular complexity index is 2370. The average molecular weight is 1350 g/mol. The minimum Gasteiger partial charge on any atom is -0.379 e. The third-order valence-electron chi connectivity index (χ3n) is 22.3. The van der Waals surface area contributed by atoms with Crippen LogP contribution >= 0.6 is 0 Å². The first-order valence-electron chi connectivity index (χ1n) is 36.7. The molecule has 0 aromatic heterocycles. The number of carbonyl (C=O) groups is 8. The van der Waals surface area contributed by atoms with E-state index in [9.17, 15) is 38.4 Å². The molecule has 18 atom stereocenters. The van der Waals surface area contributed by atoms with Crippen LogP contribution in [0.25, 0.3) is 0 Å². The molecule has 18 heteroatoms. The number of likely N-dealkylation sites (tertiary alicyclic amines) is 2. The molecule has 0 unspecified atom stereocenters. The topological polar surface area (TPSA) is 193 Å². The van der Waals surface area contributed by atoms with Gasteiger partial charge < -0.3 is 38.5 Å². The second-order valence-corrected chi connectivity index (χ2v) is 32.3. The summed E-state index contributed by atoms with van der Waals surface area (Å²) >= 11 is 0. The van der Waals surface area contributed by atoms with E-state index >= 15 is 0 Å². The van der Waals surface area contributed by atoms with E-state index < -0.39 is 24.0 Å². The van der Waals surface area contributed by atoms with Gasteiger partial charge in [-0.1, -0.05) is 137 Å². The fourth-order valence-corrected chi connectivity index (χ4v) is 14.7. The number of likely N-dealkylation sites (N-methyl/N-ethyl adjacent to an activating group) is 4. The fraction of sp³-hybridized carbons (Fsp3) is 0.896. The number of amides is 4. The summed E-state index contributed by atoms with van der Waals surface area (Å²) in [4.78, 5) is 121. The van der Waals surface area contributed by atoms with Gasteiger partial charge in [-0.15, -0.1) is 0 Å². The van der Waals surface area contributed by atoms with E-state index in [0.29, 0.717) is 37.8 Å². The number of ether oxygens (including phenoxy) is 4. The predicted molar refractivity (Wildman–Crippen MR) is 385 cm³/mol. The Morgan fingerprint density at radius 3 is 1.01 bits per heavy atom. The van der Waals surface area contributed by atoms with E-state index in [4.69, 9.17) is 18.9 Å². The van der Waals surface area contributed by atoms with Gasteiger partial charge in [-0.3, -0.25) is 48.2 Å². The molecule has 0 aliphatic carbocycles. The number of hydrogen-bond acceptors (Lipinski definition) is 14. The van der Waals surface area contributed by atoms with Crippen LogP contribution in [0.3, 0.4) is 0 Å². The minimum absolute atomic E-state index is 0.0506. The summed E-state index contributed by atoms with van der Waals surface area (Å²) in [6, 6.07) is -1.67. The van der Waals surface area contributed by atoms with Gasteiger partial charge in [0.25, 0.3) is 0 Å². The fourth-order valence-electron chi connectivity index (χ4n) is 14.7. The molecule has 0 radical (unpaired) electrons. The van der Waals surface area contributed by atoms with Gasteiger partial charge >= 0.3 is 0 Å². The van der Waals surface area contributed by atoms with E-state index in [0.717, 1.165) is 44.9 Å². The Balaban J connectivity index is 0.000000950. The second kappa shape index (κ2) is 41.2. The summed E-state index contributed by atoms with van der Waals surface area (Å²) in [5.41, 5.74) is -0.376. The molecule has 4 amide bonds. The highest BCUT2D eigenvalue weighted by atomic mass is 16.5. The predicted octanol–water partition coefficient (Wildman–Crippen LogP) is 12.8. The zero-order valence-corrected chi connectivity index (χ0v) is 66.3.